The third-order valence-electron chi connectivity index (χ3n) is 2.66. The molecule has 0 aliphatic rings. The molecule has 0 saturated carbocycles. The fourth-order valence-electron chi connectivity index (χ4n) is 1.45. The van der Waals surface area contributed by atoms with Gasteiger partial charge >= 0.3 is 0 Å². The first-order chi connectivity index (χ1) is 7.47. The molecule has 0 radical (unpaired) electrons. The second-order valence-electron chi connectivity index (χ2n) is 3.76. The van der Waals surface area contributed by atoms with Crippen molar-refractivity contribution in [1.29, 1.82) is 0 Å². The summed E-state index contributed by atoms with van der Waals surface area (Å²) in [5.41, 5.74) is 6.67. The lowest BCUT2D eigenvalue weighted by Crippen LogP contribution is -2.44. The lowest BCUT2D eigenvalue weighted by molar-refractivity contribution is -0.119. The van der Waals surface area contributed by atoms with E-state index in [-0.39, 0.29) is 5.91 Å². The van der Waals surface area contributed by atoms with Crippen LogP contribution in [0.3, 0.4) is 0 Å². The molecule has 1 aromatic rings. The largest absolute Gasteiger partial charge is 0.368 e. The molecular formula is C11H17N3O2. The highest BCUT2D eigenvalue weighted by molar-refractivity contribution is 5.96. The van der Waals surface area contributed by atoms with Crippen molar-refractivity contribution < 1.29 is 9.59 Å². The second kappa shape index (κ2) is 4.83. The first-order valence-corrected chi connectivity index (χ1v) is 5.19. The van der Waals surface area contributed by atoms with Gasteiger partial charge in [0.2, 0.25) is 5.91 Å². The lowest BCUT2D eigenvalue weighted by Gasteiger charge is -2.13. The molecule has 16 heavy (non-hydrogen) atoms. The van der Waals surface area contributed by atoms with E-state index in [9.17, 15) is 9.59 Å². The molecule has 1 heterocycles. The quantitative estimate of drug-likeness (QED) is 0.771. The third-order valence-corrected chi connectivity index (χ3v) is 2.66. The molecule has 2 amide bonds. The normalized spacial score (nSPS) is 12.2. The van der Waals surface area contributed by atoms with Crippen molar-refractivity contribution in [2.75, 3.05) is 0 Å². The van der Waals surface area contributed by atoms with E-state index in [1.165, 1.54) is 0 Å². The maximum atomic E-state index is 11.8. The van der Waals surface area contributed by atoms with Crippen LogP contribution in [-0.4, -0.2) is 22.4 Å². The number of aromatic nitrogens is 1. The number of rotatable bonds is 4. The molecule has 0 fully saturated rings. The highest BCUT2D eigenvalue weighted by atomic mass is 16.2. The fraction of sp³-hybridized carbons (Fsp3) is 0.455. The maximum Gasteiger partial charge on any atom is 0.268 e. The van der Waals surface area contributed by atoms with Crippen molar-refractivity contribution in [3.05, 3.63) is 23.5 Å². The van der Waals surface area contributed by atoms with Crippen LogP contribution in [0.5, 0.6) is 0 Å². The summed E-state index contributed by atoms with van der Waals surface area (Å²) in [5.74, 6) is -0.789. The Morgan fingerprint density at radius 2 is 2.12 bits per heavy atom. The number of carbonyl (C=O) groups is 2. The number of primary amides is 1. The van der Waals surface area contributed by atoms with E-state index in [2.05, 4.69) is 5.32 Å². The van der Waals surface area contributed by atoms with Gasteiger partial charge in [0.05, 0.1) is 0 Å². The highest BCUT2D eigenvalue weighted by Gasteiger charge is 2.18. The van der Waals surface area contributed by atoms with Gasteiger partial charge in [-0.15, -0.1) is 0 Å². The van der Waals surface area contributed by atoms with E-state index >= 15 is 0 Å². The molecule has 0 spiro atoms. The number of aryl methyl sites for hydroxylation is 1. The maximum absolute atomic E-state index is 11.8. The number of nitrogens with one attached hydrogen (secondary N) is 1. The van der Waals surface area contributed by atoms with E-state index in [0.29, 0.717) is 12.1 Å². The minimum atomic E-state index is -0.609. The van der Waals surface area contributed by atoms with Crippen molar-refractivity contribution >= 4 is 11.8 Å². The van der Waals surface area contributed by atoms with Gasteiger partial charge in [0.1, 0.15) is 11.7 Å². The summed E-state index contributed by atoms with van der Waals surface area (Å²) >= 11 is 0. The van der Waals surface area contributed by atoms with Gasteiger partial charge in [-0.2, -0.15) is 0 Å². The Bertz CT molecular complexity index is 409. The molecule has 0 aromatic carbocycles. The van der Waals surface area contributed by atoms with Gasteiger partial charge < -0.3 is 15.6 Å². The molecule has 5 nitrogen and oxygen atoms in total. The molecule has 0 bridgehead atoms. The molecule has 1 rings (SSSR count). The second-order valence-corrected chi connectivity index (χ2v) is 3.76. The van der Waals surface area contributed by atoms with Crippen molar-refractivity contribution in [2.24, 2.45) is 12.8 Å². The van der Waals surface area contributed by atoms with Gasteiger partial charge in [0.15, 0.2) is 0 Å². The number of hydrogen-bond donors (Lipinski definition) is 2. The van der Waals surface area contributed by atoms with E-state index in [4.69, 9.17) is 5.73 Å². The molecule has 5 heteroatoms. The molecule has 0 aliphatic carbocycles. The zero-order chi connectivity index (χ0) is 12.3. The van der Waals surface area contributed by atoms with Crippen molar-refractivity contribution in [3.63, 3.8) is 0 Å². The van der Waals surface area contributed by atoms with E-state index < -0.39 is 11.9 Å². The molecule has 1 unspecified atom stereocenters. The lowest BCUT2D eigenvalue weighted by atomic mass is 10.2. The molecule has 88 valence electrons. The fourth-order valence-corrected chi connectivity index (χ4v) is 1.45. The van der Waals surface area contributed by atoms with Gasteiger partial charge in [0.25, 0.3) is 5.91 Å². The van der Waals surface area contributed by atoms with Crippen LogP contribution in [-0.2, 0) is 11.8 Å². The number of hydrogen-bond acceptors (Lipinski definition) is 2. The summed E-state index contributed by atoms with van der Waals surface area (Å²) in [5, 5.41) is 2.60. The van der Waals surface area contributed by atoms with Crippen LogP contribution in [0.15, 0.2) is 12.1 Å². The standard InChI is InChI=1S/C11H17N3O2/c1-4-8(10(12)15)13-11(16)9-6-5-7(2)14(9)3/h5-6,8H,4H2,1-3H3,(H2,12,15)(H,13,16). The predicted molar refractivity (Wildman–Crippen MR) is 60.9 cm³/mol. The summed E-state index contributed by atoms with van der Waals surface area (Å²) in [4.78, 5) is 22.8. The van der Waals surface area contributed by atoms with Gasteiger partial charge in [-0.3, -0.25) is 9.59 Å². The number of carbonyl (C=O) groups excluding carboxylic acids is 2. The van der Waals surface area contributed by atoms with Crippen LogP contribution < -0.4 is 11.1 Å². The molecule has 0 saturated heterocycles. The third kappa shape index (κ3) is 2.42. The predicted octanol–water partition coefficient (Wildman–Crippen LogP) is 0.327. The highest BCUT2D eigenvalue weighted by Crippen LogP contribution is 2.06. The van der Waals surface area contributed by atoms with Crippen LogP contribution in [0.2, 0.25) is 0 Å². The van der Waals surface area contributed by atoms with Crippen molar-refractivity contribution in [1.82, 2.24) is 9.88 Å². The topological polar surface area (TPSA) is 77.1 Å². The summed E-state index contributed by atoms with van der Waals surface area (Å²) in [6, 6.07) is 2.96. The Kier molecular flexibility index (Phi) is 3.71. The van der Waals surface area contributed by atoms with Crippen LogP contribution in [0.25, 0.3) is 0 Å². The number of amides is 2. The minimum Gasteiger partial charge on any atom is -0.368 e. The van der Waals surface area contributed by atoms with Crippen LogP contribution in [0.1, 0.15) is 29.5 Å². The van der Waals surface area contributed by atoms with Gasteiger partial charge in [0, 0.05) is 12.7 Å². The number of nitrogens with zero attached hydrogens (tertiary/aromatic N) is 1. The molecular weight excluding hydrogens is 206 g/mol. The summed E-state index contributed by atoms with van der Waals surface area (Å²) in [7, 11) is 1.80. The zero-order valence-corrected chi connectivity index (χ0v) is 9.78. The number of nitrogens with two attached hydrogens (primary N) is 1. The first-order valence-electron chi connectivity index (χ1n) is 5.19. The van der Waals surface area contributed by atoms with Crippen LogP contribution in [0.4, 0.5) is 0 Å². The van der Waals surface area contributed by atoms with Gasteiger partial charge in [-0.05, 0) is 25.5 Å². The summed E-state index contributed by atoms with van der Waals surface area (Å²) in [6.07, 6.45) is 0.491. The molecule has 3 N–H and O–H groups in total. The molecule has 0 aliphatic heterocycles. The van der Waals surface area contributed by atoms with Crippen LogP contribution in [0, 0.1) is 6.92 Å². The monoisotopic (exact) mass is 223 g/mol. The Labute approximate surface area is 94.6 Å². The summed E-state index contributed by atoms with van der Waals surface area (Å²) < 4.78 is 1.77. The van der Waals surface area contributed by atoms with E-state index in [0.717, 1.165) is 5.69 Å². The van der Waals surface area contributed by atoms with Crippen molar-refractivity contribution in [3.8, 4) is 0 Å². The van der Waals surface area contributed by atoms with E-state index in [1.54, 1.807) is 24.6 Å². The average Bonchev–Trinajstić information content (AvgIpc) is 2.55. The Morgan fingerprint density at radius 3 is 2.50 bits per heavy atom. The Morgan fingerprint density at radius 1 is 1.50 bits per heavy atom. The minimum absolute atomic E-state index is 0.277. The Hall–Kier alpha value is -1.78. The van der Waals surface area contributed by atoms with E-state index in [1.807, 2.05) is 13.0 Å². The Balaban J connectivity index is 2.80. The molecule has 1 aromatic heterocycles. The van der Waals surface area contributed by atoms with Gasteiger partial charge in [-0.25, -0.2) is 0 Å². The van der Waals surface area contributed by atoms with Crippen molar-refractivity contribution in [2.45, 2.75) is 26.3 Å². The first kappa shape index (κ1) is 12.3. The zero-order valence-electron chi connectivity index (χ0n) is 9.78. The average molecular weight is 223 g/mol. The smallest absolute Gasteiger partial charge is 0.268 e. The summed E-state index contributed by atoms with van der Waals surface area (Å²) in [6.45, 7) is 3.70. The van der Waals surface area contributed by atoms with Gasteiger partial charge in [-0.1, -0.05) is 6.92 Å². The molecule has 1 atom stereocenters. The SMILES string of the molecule is CCC(NC(=O)c1ccc(C)n1C)C(N)=O. The van der Waals surface area contributed by atoms with Crippen LogP contribution >= 0.6 is 0 Å².